The van der Waals surface area contributed by atoms with Gasteiger partial charge in [-0.25, -0.2) is 9.67 Å². The van der Waals surface area contributed by atoms with Gasteiger partial charge in [0.2, 0.25) is 0 Å². The van der Waals surface area contributed by atoms with Crippen molar-refractivity contribution in [3.63, 3.8) is 0 Å². The number of aromatic hydroxyl groups is 1. The standard InChI is InChI=1S/C21H26N4O3S/c1-29(2)12-11-28-15-25-19-4-3-17(26)14-18(19)21(23-25)16-5-6-22-20(13-16)24-7-9-27-10-8-24/h3-6,13-14H,7-12,15H2,1-2H3/p+1. The van der Waals surface area contributed by atoms with Crippen LogP contribution in [0, 0.1) is 0 Å². The van der Waals surface area contributed by atoms with Gasteiger partial charge in [0.25, 0.3) is 0 Å². The van der Waals surface area contributed by atoms with Crippen LogP contribution in [-0.2, 0) is 27.1 Å². The summed E-state index contributed by atoms with van der Waals surface area (Å²) in [5.41, 5.74) is 2.73. The Balaban J connectivity index is 1.65. The maximum absolute atomic E-state index is 10.0. The zero-order valence-corrected chi connectivity index (χ0v) is 17.7. The topological polar surface area (TPSA) is 72.6 Å². The van der Waals surface area contributed by atoms with Gasteiger partial charge in [-0.1, -0.05) is 0 Å². The molecule has 0 amide bonds. The van der Waals surface area contributed by atoms with E-state index in [-0.39, 0.29) is 5.75 Å². The molecule has 1 aliphatic rings. The van der Waals surface area contributed by atoms with Crippen molar-refractivity contribution in [1.82, 2.24) is 14.8 Å². The number of pyridine rings is 1. The van der Waals surface area contributed by atoms with Crippen molar-refractivity contribution in [3.05, 3.63) is 36.5 Å². The molecule has 3 aromatic rings. The average molecular weight is 416 g/mol. The number of phenols is 1. The molecule has 1 N–H and O–H groups in total. The molecule has 7 nitrogen and oxygen atoms in total. The smallest absolute Gasteiger partial charge is 0.140 e. The Bertz CT molecular complexity index is 970. The molecule has 0 radical (unpaired) electrons. The fraction of sp³-hybridized carbons (Fsp3) is 0.429. The molecular formula is C21H27N4O3S+. The molecule has 154 valence electrons. The Hall–Kier alpha value is -2.29. The number of morpholine rings is 1. The van der Waals surface area contributed by atoms with Gasteiger partial charge in [0.15, 0.2) is 0 Å². The molecule has 1 aromatic carbocycles. The summed E-state index contributed by atoms with van der Waals surface area (Å²) in [6.45, 7) is 4.19. The van der Waals surface area contributed by atoms with E-state index in [2.05, 4.69) is 28.5 Å². The molecule has 0 bridgehead atoms. The molecule has 1 aliphatic heterocycles. The second-order valence-electron chi connectivity index (χ2n) is 7.28. The van der Waals surface area contributed by atoms with Crippen LogP contribution in [-0.4, -0.2) is 71.0 Å². The lowest BCUT2D eigenvalue weighted by Crippen LogP contribution is -2.36. The van der Waals surface area contributed by atoms with Crippen LogP contribution in [0.2, 0.25) is 0 Å². The van der Waals surface area contributed by atoms with E-state index in [0.717, 1.165) is 46.8 Å². The van der Waals surface area contributed by atoms with Crippen molar-refractivity contribution in [2.75, 3.05) is 56.1 Å². The van der Waals surface area contributed by atoms with Crippen LogP contribution in [0.5, 0.6) is 5.75 Å². The highest BCUT2D eigenvalue weighted by molar-refractivity contribution is 7.95. The number of nitrogens with zero attached hydrogens (tertiary/aromatic N) is 4. The third-order valence-corrected chi connectivity index (χ3v) is 5.92. The van der Waals surface area contributed by atoms with E-state index in [1.165, 1.54) is 0 Å². The third-order valence-electron chi connectivity index (χ3n) is 4.94. The van der Waals surface area contributed by atoms with Gasteiger partial charge in [-0.05, 0) is 41.2 Å². The highest BCUT2D eigenvalue weighted by Crippen LogP contribution is 2.32. The average Bonchev–Trinajstić information content (AvgIpc) is 3.09. The summed E-state index contributed by atoms with van der Waals surface area (Å²) in [5.74, 6) is 2.19. The van der Waals surface area contributed by atoms with Gasteiger partial charge >= 0.3 is 0 Å². The van der Waals surface area contributed by atoms with Crippen LogP contribution < -0.4 is 4.90 Å². The summed E-state index contributed by atoms with van der Waals surface area (Å²) in [6.07, 6.45) is 6.24. The van der Waals surface area contributed by atoms with Gasteiger partial charge in [0.1, 0.15) is 29.7 Å². The lowest BCUT2D eigenvalue weighted by molar-refractivity contribution is 0.0843. The first-order valence-electron chi connectivity index (χ1n) is 9.72. The van der Waals surface area contributed by atoms with Crippen LogP contribution in [0.25, 0.3) is 22.2 Å². The van der Waals surface area contributed by atoms with E-state index in [4.69, 9.17) is 14.6 Å². The fourth-order valence-electron chi connectivity index (χ4n) is 3.39. The summed E-state index contributed by atoms with van der Waals surface area (Å²) >= 11 is 0. The van der Waals surface area contributed by atoms with Crippen LogP contribution in [0.15, 0.2) is 36.5 Å². The number of fused-ring (bicyclic) bond motifs is 1. The number of benzene rings is 1. The predicted molar refractivity (Wildman–Crippen MR) is 118 cm³/mol. The number of hydrogen-bond acceptors (Lipinski definition) is 6. The second kappa shape index (κ2) is 9.02. The summed E-state index contributed by atoms with van der Waals surface area (Å²) in [5, 5.41) is 15.8. The van der Waals surface area contributed by atoms with Gasteiger partial charge in [-0.2, -0.15) is 5.10 Å². The number of hydrogen-bond donors (Lipinski definition) is 1. The maximum atomic E-state index is 10.0. The van der Waals surface area contributed by atoms with E-state index in [9.17, 15) is 5.11 Å². The first-order valence-corrected chi connectivity index (χ1v) is 11.9. The molecule has 8 heteroatoms. The first-order chi connectivity index (χ1) is 14.1. The van der Waals surface area contributed by atoms with Crippen molar-refractivity contribution < 1.29 is 14.6 Å². The summed E-state index contributed by atoms with van der Waals surface area (Å²) in [4.78, 5) is 6.75. The highest BCUT2D eigenvalue weighted by Gasteiger charge is 2.17. The van der Waals surface area contributed by atoms with Gasteiger partial charge in [0, 0.05) is 30.2 Å². The van der Waals surface area contributed by atoms with E-state index < -0.39 is 0 Å². The van der Waals surface area contributed by atoms with E-state index >= 15 is 0 Å². The Kier molecular flexibility index (Phi) is 6.22. The van der Waals surface area contributed by atoms with Crippen LogP contribution >= 0.6 is 0 Å². The molecule has 0 atom stereocenters. The van der Waals surface area contributed by atoms with E-state index in [1.54, 1.807) is 12.1 Å². The lowest BCUT2D eigenvalue weighted by Gasteiger charge is -2.27. The number of ether oxygens (including phenoxy) is 2. The number of aromatic nitrogens is 3. The van der Waals surface area contributed by atoms with Gasteiger partial charge in [0.05, 0.1) is 37.8 Å². The zero-order valence-electron chi connectivity index (χ0n) is 16.9. The monoisotopic (exact) mass is 415 g/mol. The Morgan fingerprint density at radius 2 is 2.00 bits per heavy atom. The van der Waals surface area contributed by atoms with Crippen molar-refractivity contribution in [1.29, 1.82) is 0 Å². The van der Waals surface area contributed by atoms with Gasteiger partial charge in [-0.3, -0.25) is 0 Å². The first kappa shape index (κ1) is 20.0. The molecule has 0 spiro atoms. The molecule has 2 aromatic heterocycles. The van der Waals surface area contributed by atoms with E-state index in [0.29, 0.717) is 37.4 Å². The van der Waals surface area contributed by atoms with Crippen molar-refractivity contribution in [2.24, 2.45) is 0 Å². The number of anilines is 1. The quantitative estimate of drug-likeness (QED) is 0.472. The highest BCUT2D eigenvalue weighted by atomic mass is 32.2. The zero-order chi connectivity index (χ0) is 20.2. The van der Waals surface area contributed by atoms with Gasteiger partial charge in [-0.15, -0.1) is 0 Å². The Morgan fingerprint density at radius 3 is 2.79 bits per heavy atom. The van der Waals surface area contributed by atoms with Crippen molar-refractivity contribution in [2.45, 2.75) is 6.73 Å². The molecule has 0 unspecified atom stereocenters. The number of rotatable bonds is 7. The van der Waals surface area contributed by atoms with Crippen LogP contribution in [0.1, 0.15) is 0 Å². The Labute approximate surface area is 173 Å². The molecular weight excluding hydrogens is 388 g/mol. The minimum absolute atomic E-state index is 0.225. The number of phenolic OH excluding ortho intramolecular Hbond substituents is 1. The van der Waals surface area contributed by atoms with Gasteiger partial charge < -0.3 is 19.5 Å². The largest absolute Gasteiger partial charge is 0.508 e. The molecule has 1 saturated heterocycles. The van der Waals surface area contributed by atoms with Crippen LogP contribution in [0.3, 0.4) is 0 Å². The lowest BCUT2D eigenvalue weighted by atomic mass is 10.1. The predicted octanol–water partition coefficient (Wildman–Crippen LogP) is 2.49. The summed E-state index contributed by atoms with van der Waals surface area (Å²) in [6, 6.07) is 9.35. The van der Waals surface area contributed by atoms with Crippen molar-refractivity contribution >= 4 is 27.6 Å². The summed E-state index contributed by atoms with van der Waals surface area (Å²) < 4.78 is 13.2. The van der Waals surface area contributed by atoms with Crippen molar-refractivity contribution in [3.8, 4) is 17.0 Å². The van der Waals surface area contributed by atoms with Crippen LogP contribution in [0.4, 0.5) is 5.82 Å². The minimum Gasteiger partial charge on any atom is -0.508 e. The fourth-order valence-corrected chi connectivity index (χ4v) is 3.84. The molecule has 0 saturated carbocycles. The third kappa shape index (κ3) is 4.66. The second-order valence-corrected chi connectivity index (χ2v) is 9.66. The Morgan fingerprint density at radius 1 is 1.17 bits per heavy atom. The molecule has 29 heavy (non-hydrogen) atoms. The molecule has 4 rings (SSSR count). The van der Waals surface area contributed by atoms with E-state index in [1.807, 2.05) is 23.0 Å². The molecule has 1 fully saturated rings. The molecule has 3 heterocycles. The maximum Gasteiger partial charge on any atom is 0.140 e. The molecule has 0 aliphatic carbocycles. The normalized spacial score (nSPS) is 14.8. The summed E-state index contributed by atoms with van der Waals surface area (Å²) in [7, 11) is 0.358. The minimum atomic E-state index is 0.225. The SMILES string of the molecule is C[S+](C)CCOCn1nc(-c2ccnc(N3CCOCC3)c2)c2cc(O)ccc21.